The molecule has 17 heavy (non-hydrogen) atoms. The topological polar surface area (TPSA) is 37.2 Å². The van der Waals surface area contributed by atoms with Crippen molar-refractivity contribution < 1.29 is 4.42 Å². The van der Waals surface area contributed by atoms with E-state index in [9.17, 15) is 0 Å². The van der Waals surface area contributed by atoms with Crippen molar-refractivity contribution in [1.29, 1.82) is 0 Å². The fourth-order valence-electron chi connectivity index (χ4n) is 2.25. The lowest BCUT2D eigenvalue weighted by atomic mass is 10.1. The SMILES string of the molecule is CC(Nc1ccc2c(c1)CCN2)c1ccco1. The predicted octanol–water partition coefficient (Wildman–Crippen LogP) is 3.42. The van der Waals surface area contributed by atoms with Gasteiger partial charge in [-0.3, -0.25) is 0 Å². The summed E-state index contributed by atoms with van der Waals surface area (Å²) in [5, 5.41) is 6.81. The molecule has 0 radical (unpaired) electrons. The third-order valence-electron chi connectivity index (χ3n) is 3.17. The van der Waals surface area contributed by atoms with Gasteiger partial charge in [-0.15, -0.1) is 0 Å². The summed E-state index contributed by atoms with van der Waals surface area (Å²) >= 11 is 0. The average molecular weight is 228 g/mol. The Morgan fingerprint density at radius 2 is 2.29 bits per heavy atom. The van der Waals surface area contributed by atoms with E-state index in [1.54, 1.807) is 6.26 Å². The number of rotatable bonds is 3. The van der Waals surface area contributed by atoms with Gasteiger partial charge in [0.1, 0.15) is 5.76 Å². The Bertz CT molecular complexity index is 505. The summed E-state index contributed by atoms with van der Waals surface area (Å²) in [5.74, 6) is 0.962. The molecule has 3 rings (SSSR count). The number of anilines is 2. The van der Waals surface area contributed by atoms with E-state index >= 15 is 0 Å². The van der Waals surface area contributed by atoms with E-state index in [0.29, 0.717) is 0 Å². The maximum Gasteiger partial charge on any atom is 0.125 e. The van der Waals surface area contributed by atoms with E-state index in [1.807, 2.05) is 12.1 Å². The van der Waals surface area contributed by atoms with Crippen LogP contribution < -0.4 is 10.6 Å². The summed E-state index contributed by atoms with van der Waals surface area (Å²) in [5.41, 5.74) is 3.80. The fourth-order valence-corrected chi connectivity index (χ4v) is 2.25. The summed E-state index contributed by atoms with van der Waals surface area (Å²) < 4.78 is 5.39. The van der Waals surface area contributed by atoms with E-state index in [-0.39, 0.29) is 6.04 Å². The molecule has 1 atom stereocenters. The molecular weight excluding hydrogens is 212 g/mol. The van der Waals surface area contributed by atoms with Gasteiger partial charge in [0, 0.05) is 17.9 Å². The van der Waals surface area contributed by atoms with Gasteiger partial charge < -0.3 is 15.1 Å². The Morgan fingerprint density at radius 1 is 1.35 bits per heavy atom. The molecule has 3 nitrogen and oxygen atoms in total. The van der Waals surface area contributed by atoms with Gasteiger partial charge in [0.15, 0.2) is 0 Å². The van der Waals surface area contributed by atoms with Crippen LogP contribution in [-0.2, 0) is 6.42 Å². The zero-order valence-corrected chi connectivity index (χ0v) is 9.86. The van der Waals surface area contributed by atoms with Crippen LogP contribution in [0.2, 0.25) is 0 Å². The molecule has 1 aromatic carbocycles. The molecule has 1 aromatic heterocycles. The number of hydrogen-bond acceptors (Lipinski definition) is 3. The number of fused-ring (bicyclic) bond motifs is 1. The van der Waals surface area contributed by atoms with E-state index in [4.69, 9.17) is 4.42 Å². The van der Waals surface area contributed by atoms with Crippen LogP contribution >= 0.6 is 0 Å². The summed E-state index contributed by atoms with van der Waals surface area (Å²) in [6.07, 6.45) is 2.82. The van der Waals surface area contributed by atoms with Gasteiger partial charge in [-0.1, -0.05) is 0 Å². The second-order valence-electron chi connectivity index (χ2n) is 4.43. The van der Waals surface area contributed by atoms with Gasteiger partial charge in [0.05, 0.1) is 12.3 Å². The monoisotopic (exact) mass is 228 g/mol. The molecule has 0 spiro atoms. The minimum atomic E-state index is 0.192. The molecule has 0 aliphatic carbocycles. The maximum atomic E-state index is 5.39. The lowest BCUT2D eigenvalue weighted by Crippen LogP contribution is -2.05. The van der Waals surface area contributed by atoms with Crippen LogP contribution in [-0.4, -0.2) is 6.54 Å². The van der Waals surface area contributed by atoms with Crippen LogP contribution in [0.15, 0.2) is 41.0 Å². The van der Waals surface area contributed by atoms with Crippen molar-refractivity contribution in [2.45, 2.75) is 19.4 Å². The van der Waals surface area contributed by atoms with Crippen LogP contribution in [0, 0.1) is 0 Å². The van der Waals surface area contributed by atoms with Crippen LogP contribution in [0.1, 0.15) is 24.3 Å². The summed E-state index contributed by atoms with van der Waals surface area (Å²) in [7, 11) is 0. The molecule has 0 bridgehead atoms. The number of nitrogens with one attached hydrogen (secondary N) is 2. The molecule has 0 fully saturated rings. The molecule has 1 aliphatic heterocycles. The second kappa shape index (κ2) is 4.17. The lowest BCUT2D eigenvalue weighted by Gasteiger charge is -2.13. The molecule has 0 saturated carbocycles. The van der Waals surface area contributed by atoms with Gasteiger partial charge in [0.2, 0.25) is 0 Å². The molecule has 88 valence electrons. The van der Waals surface area contributed by atoms with Gasteiger partial charge >= 0.3 is 0 Å². The van der Waals surface area contributed by atoms with Crippen LogP contribution in [0.5, 0.6) is 0 Å². The Kier molecular flexibility index (Phi) is 2.52. The molecule has 0 saturated heterocycles. The highest BCUT2D eigenvalue weighted by Gasteiger charge is 2.12. The molecule has 1 unspecified atom stereocenters. The van der Waals surface area contributed by atoms with Crippen LogP contribution in [0.25, 0.3) is 0 Å². The Morgan fingerprint density at radius 3 is 3.12 bits per heavy atom. The highest BCUT2D eigenvalue weighted by atomic mass is 16.3. The highest BCUT2D eigenvalue weighted by molar-refractivity contribution is 5.62. The highest BCUT2D eigenvalue weighted by Crippen LogP contribution is 2.27. The van der Waals surface area contributed by atoms with Crippen LogP contribution in [0.4, 0.5) is 11.4 Å². The fraction of sp³-hybridized carbons (Fsp3) is 0.286. The first-order valence-corrected chi connectivity index (χ1v) is 6.00. The molecular formula is C14H16N2O. The molecule has 2 heterocycles. The lowest BCUT2D eigenvalue weighted by molar-refractivity contribution is 0.490. The van der Waals surface area contributed by atoms with Crippen molar-refractivity contribution in [3.63, 3.8) is 0 Å². The van der Waals surface area contributed by atoms with Gasteiger partial charge in [0.25, 0.3) is 0 Å². The summed E-state index contributed by atoms with van der Waals surface area (Å²) in [6, 6.07) is 10.6. The predicted molar refractivity (Wildman–Crippen MR) is 69.4 cm³/mol. The largest absolute Gasteiger partial charge is 0.467 e. The van der Waals surface area contributed by atoms with Crippen LogP contribution in [0.3, 0.4) is 0 Å². The molecule has 3 heteroatoms. The van der Waals surface area contributed by atoms with E-state index in [2.05, 4.69) is 35.8 Å². The Hall–Kier alpha value is -1.90. The van der Waals surface area contributed by atoms with Crippen molar-refractivity contribution in [1.82, 2.24) is 0 Å². The molecule has 2 aromatic rings. The smallest absolute Gasteiger partial charge is 0.125 e. The maximum absolute atomic E-state index is 5.39. The quantitative estimate of drug-likeness (QED) is 0.845. The summed E-state index contributed by atoms with van der Waals surface area (Å²) in [4.78, 5) is 0. The number of hydrogen-bond donors (Lipinski definition) is 2. The van der Waals surface area contributed by atoms with Gasteiger partial charge in [-0.2, -0.15) is 0 Å². The van der Waals surface area contributed by atoms with Gasteiger partial charge in [-0.05, 0) is 49.2 Å². The zero-order chi connectivity index (χ0) is 11.7. The van der Waals surface area contributed by atoms with E-state index in [0.717, 1.165) is 24.4 Å². The normalized spacial score (nSPS) is 15.1. The number of benzene rings is 1. The molecule has 0 amide bonds. The van der Waals surface area contributed by atoms with Gasteiger partial charge in [-0.25, -0.2) is 0 Å². The third-order valence-corrected chi connectivity index (χ3v) is 3.17. The van der Waals surface area contributed by atoms with E-state index in [1.165, 1.54) is 11.3 Å². The molecule has 2 N–H and O–H groups in total. The van der Waals surface area contributed by atoms with E-state index < -0.39 is 0 Å². The van der Waals surface area contributed by atoms with Crippen molar-refractivity contribution in [2.24, 2.45) is 0 Å². The van der Waals surface area contributed by atoms with Crippen molar-refractivity contribution in [3.05, 3.63) is 47.9 Å². The Labute approximate surface area is 101 Å². The van der Waals surface area contributed by atoms with Crippen molar-refractivity contribution >= 4 is 11.4 Å². The minimum Gasteiger partial charge on any atom is -0.467 e. The van der Waals surface area contributed by atoms with Crippen molar-refractivity contribution in [3.8, 4) is 0 Å². The second-order valence-corrected chi connectivity index (χ2v) is 4.43. The average Bonchev–Trinajstić information content (AvgIpc) is 2.99. The number of furan rings is 1. The minimum absolute atomic E-state index is 0.192. The Balaban J connectivity index is 1.77. The molecule has 1 aliphatic rings. The first kappa shape index (κ1) is 10.3. The zero-order valence-electron chi connectivity index (χ0n) is 9.86. The van der Waals surface area contributed by atoms with Crippen molar-refractivity contribution in [2.75, 3.05) is 17.2 Å². The first-order chi connectivity index (χ1) is 8.33. The third kappa shape index (κ3) is 2.00. The first-order valence-electron chi connectivity index (χ1n) is 6.00. The summed E-state index contributed by atoms with van der Waals surface area (Å²) in [6.45, 7) is 3.15. The standard InChI is InChI=1S/C14H16N2O/c1-10(14-3-2-8-17-14)16-12-4-5-13-11(9-12)6-7-15-13/h2-5,8-10,15-16H,6-7H2,1H3.